The third kappa shape index (κ3) is 3.39. The van der Waals surface area contributed by atoms with Crippen LogP contribution in [-0.2, 0) is 6.54 Å². The molecule has 0 saturated heterocycles. The molecular formula is C15H24BrNO. The summed E-state index contributed by atoms with van der Waals surface area (Å²) in [6, 6.07) is 4.85. The molecule has 0 spiro atoms. The van der Waals surface area contributed by atoms with Gasteiger partial charge in [-0.1, -0.05) is 29.8 Å². The fourth-order valence-corrected chi connectivity index (χ4v) is 3.46. The molecule has 1 aromatic rings. The lowest BCUT2D eigenvalue weighted by Gasteiger charge is -2.36. The predicted molar refractivity (Wildman–Crippen MR) is 78.9 cm³/mol. The fraction of sp³-hybridized carbons (Fsp3) is 0.733. The van der Waals surface area contributed by atoms with Crippen LogP contribution in [0.1, 0.15) is 45.3 Å². The van der Waals surface area contributed by atoms with Gasteiger partial charge in [0, 0.05) is 17.9 Å². The zero-order valence-corrected chi connectivity index (χ0v) is 13.1. The van der Waals surface area contributed by atoms with Gasteiger partial charge in [-0.3, -0.25) is 4.90 Å². The first-order valence-electron chi connectivity index (χ1n) is 7.05. The maximum atomic E-state index is 5.50. The Labute approximate surface area is 119 Å². The van der Waals surface area contributed by atoms with Gasteiger partial charge >= 0.3 is 0 Å². The molecule has 102 valence electrons. The van der Waals surface area contributed by atoms with Crippen LogP contribution in [0.3, 0.4) is 0 Å². The Morgan fingerprint density at radius 2 is 2.11 bits per heavy atom. The number of alkyl halides is 1. The van der Waals surface area contributed by atoms with E-state index in [4.69, 9.17) is 4.42 Å². The Hall–Kier alpha value is -0.280. The van der Waals surface area contributed by atoms with Crippen LogP contribution in [0.15, 0.2) is 22.8 Å². The van der Waals surface area contributed by atoms with E-state index in [0.29, 0.717) is 5.41 Å². The lowest BCUT2D eigenvalue weighted by molar-refractivity contribution is 0.137. The highest BCUT2D eigenvalue weighted by atomic mass is 79.9. The zero-order valence-electron chi connectivity index (χ0n) is 11.5. The first-order chi connectivity index (χ1) is 8.73. The van der Waals surface area contributed by atoms with E-state index in [1.54, 1.807) is 6.26 Å². The molecule has 1 aliphatic carbocycles. The topological polar surface area (TPSA) is 16.4 Å². The smallest absolute Gasteiger partial charge is 0.117 e. The average Bonchev–Trinajstić information content (AvgIpc) is 3.13. The van der Waals surface area contributed by atoms with Gasteiger partial charge in [0.2, 0.25) is 0 Å². The summed E-state index contributed by atoms with van der Waals surface area (Å²) in [4.78, 5) is 2.62. The highest BCUT2D eigenvalue weighted by Gasteiger charge is 2.35. The van der Waals surface area contributed by atoms with Crippen LogP contribution in [0.25, 0.3) is 0 Å². The molecule has 1 fully saturated rings. The second-order valence-corrected chi connectivity index (χ2v) is 6.12. The van der Waals surface area contributed by atoms with Crippen molar-refractivity contribution in [2.75, 3.05) is 11.9 Å². The van der Waals surface area contributed by atoms with E-state index in [-0.39, 0.29) is 0 Å². The van der Waals surface area contributed by atoms with Gasteiger partial charge in [-0.25, -0.2) is 0 Å². The second-order valence-electron chi connectivity index (χ2n) is 5.56. The molecule has 1 saturated carbocycles. The molecule has 0 radical (unpaired) electrons. The van der Waals surface area contributed by atoms with Gasteiger partial charge in [0.1, 0.15) is 5.76 Å². The SMILES string of the molecule is CCC(CC)(CBr)CN(Cc1ccco1)C1CC1. The molecule has 0 aromatic carbocycles. The molecule has 0 unspecified atom stereocenters. The van der Waals surface area contributed by atoms with Crippen LogP contribution in [0.4, 0.5) is 0 Å². The Bertz CT molecular complexity index is 333. The summed E-state index contributed by atoms with van der Waals surface area (Å²) in [7, 11) is 0. The normalized spacial score (nSPS) is 16.4. The van der Waals surface area contributed by atoms with Crippen LogP contribution in [0.2, 0.25) is 0 Å². The molecular weight excluding hydrogens is 290 g/mol. The summed E-state index contributed by atoms with van der Waals surface area (Å²) in [5, 5.41) is 1.09. The van der Waals surface area contributed by atoms with E-state index in [1.165, 1.54) is 32.2 Å². The lowest BCUT2D eigenvalue weighted by Crippen LogP contribution is -2.39. The van der Waals surface area contributed by atoms with Crippen molar-refractivity contribution in [3.8, 4) is 0 Å². The fourth-order valence-electron chi connectivity index (χ4n) is 2.49. The minimum Gasteiger partial charge on any atom is -0.468 e. The van der Waals surface area contributed by atoms with E-state index in [9.17, 15) is 0 Å². The maximum Gasteiger partial charge on any atom is 0.117 e. The summed E-state index contributed by atoms with van der Waals surface area (Å²) >= 11 is 3.72. The summed E-state index contributed by atoms with van der Waals surface area (Å²) in [5.41, 5.74) is 0.412. The van der Waals surface area contributed by atoms with Crippen molar-refractivity contribution in [2.24, 2.45) is 5.41 Å². The molecule has 2 nitrogen and oxygen atoms in total. The molecule has 0 bridgehead atoms. The number of hydrogen-bond donors (Lipinski definition) is 0. The zero-order chi connectivity index (χ0) is 13.0. The molecule has 0 N–H and O–H groups in total. The van der Waals surface area contributed by atoms with Crippen molar-refractivity contribution >= 4 is 15.9 Å². The molecule has 3 heteroatoms. The van der Waals surface area contributed by atoms with E-state index in [2.05, 4.69) is 40.7 Å². The van der Waals surface area contributed by atoms with Crippen molar-refractivity contribution in [1.82, 2.24) is 4.90 Å². The van der Waals surface area contributed by atoms with Crippen molar-refractivity contribution in [3.05, 3.63) is 24.2 Å². The number of rotatable bonds is 8. The van der Waals surface area contributed by atoms with Crippen LogP contribution in [0, 0.1) is 5.41 Å². The molecule has 1 aromatic heterocycles. The van der Waals surface area contributed by atoms with Gasteiger partial charge in [-0.05, 0) is 43.2 Å². The van der Waals surface area contributed by atoms with Gasteiger partial charge in [-0.2, -0.15) is 0 Å². The Kier molecular flexibility index (Phi) is 4.91. The Morgan fingerprint density at radius 3 is 2.56 bits per heavy atom. The largest absolute Gasteiger partial charge is 0.468 e. The average molecular weight is 314 g/mol. The Morgan fingerprint density at radius 1 is 1.39 bits per heavy atom. The van der Waals surface area contributed by atoms with Crippen LogP contribution >= 0.6 is 15.9 Å². The van der Waals surface area contributed by atoms with Crippen molar-refractivity contribution in [2.45, 2.75) is 52.1 Å². The first-order valence-corrected chi connectivity index (χ1v) is 8.17. The van der Waals surface area contributed by atoms with Gasteiger partial charge in [-0.15, -0.1) is 0 Å². The van der Waals surface area contributed by atoms with Gasteiger partial charge < -0.3 is 4.42 Å². The van der Waals surface area contributed by atoms with Crippen LogP contribution < -0.4 is 0 Å². The number of nitrogens with zero attached hydrogens (tertiary/aromatic N) is 1. The minimum atomic E-state index is 0.412. The predicted octanol–water partition coefficient (Wildman–Crippen LogP) is 4.45. The minimum absolute atomic E-state index is 0.412. The van der Waals surface area contributed by atoms with E-state index < -0.39 is 0 Å². The summed E-state index contributed by atoms with van der Waals surface area (Å²) in [5.74, 6) is 1.09. The second kappa shape index (κ2) is 6.25. The quantitative estimate of drug-likeness (QED) is 0.659. The highest BCUT2D eigenvalue weighted by Crippen LogP contribution is 2.36. The van der Waals surface area contributed by atoms with E-state index >= 15 is 0 Å². The summed E-state index contributed by atoms with van der Waals surface area (Å²) in [6.07, 6.45) is 6.95. The van der Waals surface area contributed by atoms with E-state index in [0.717, 1.165) is 23.7 Å². The Balaban J connectivity index is 2.01. The summed E-state index contributed by atoms with van der Waals surface area (Å²) < 4.78 is 5.50. The van der Waals surface area contributed by atoms with Gasteiger partial charge in [0.15, 0.2) is 0 Å². The molecule has 1 heterocycles. The molecule has 0 amide bonds. The van der Waals surface area contributed by atoms with E-state index in [1.807, 2.05) is 6.07 Å². The van der Waals surface area contributed by atoms with Crippen molar-refractivity contribution in [3.63, 3.8) is 0 Å². The summed E-state index contributed by atoms with van der Waals surface area (Å²) in [6.45, 7) is 6.76. The van der Waals surface area contributed by atoms with Crippen LogP contribution in [-0.4, -0.2) is 22.8 Å². The number of furan rings is 1. The number of hydrogen-bond acceptors (Lipinski definition) is 2. The molecule has 0 aliphatic heterocycles. The number of halogens is 1. The van der Waals surface area contributed by atoms with Gasteiger partial charge in [0.05, 0.1) is 12.8 Å². The van der Waals surface area contributed by atoms with Crippen LogP contribution in [0.5, 0.6) is 0 Å². The maximum absolute atomic E-state index is 5.50. The molecule has 2 rings (SSSR count). The third-order valence-electron chi connectivity index (χ3n) is 4.32. The monoisotopic (exact) mass is 313 g/mol. The standard InChI is InChI=1S/C15H24BrNO/c1-3-15(4-2,11-16)12-17(13-7-8-13)10-14-6-5-9-18-14/h5-6,9,13H,3-4,7-8,10-12H2,1-2H3. The third-order valence-corrected chi connectivity index (χ3v) is 5.51. The molecule has 18 heavy (non-hydrogen) atoms. The molecule has 0 atom stereocenters. The van der Waals surface area contributed by atoms with Crippen molar-refractivity contribution < 1.29 is 4.42 Å². The van der Waals surface area contributed by atoms with Gasteiger partial charge in [0.25, 0.3) is 0 Å². The lowest BCUT2D eigenvalue weighted by atomic mass is 9.84. The molecule has 1 aliphatic rings. The first kappa shape index (κ1) is 14.1. The highest BCUT2D eigenvalue weighted by molar-refractivity contribution is 9.09. The van der Waals surface area contributed by atoms with Crippen molar-refractivity contribution in [1.29, 1.82) is 0 Å².